The molecule has 0 bridgehead atoms. The van der Waals surface area contributed by atoms with Crippen molar-refractivity contribution in [3.63, 3.8) is 0 Å². The Kier molecular flexibility index (Phi) is 7.97. The van der Waals surface area contributed by atoms with Crippen LogP contribution in [0.15, 0.2) is 152 Å². The highest BCUT2D eigenvalue weighted by Gasteiger charge is 2.31. The highest BCUT2D eigenvalue weighted by Crippen LogP contribution is 2.36. The van der Waals surface area contributed by atoms with Gasteiger partial charge in [0.2, 0.25) is 0 Å². The fourth-order valence-corrected chi connectivity index (χ4v) is 9.28. The van der Waals surface area contributed by atoms with E-state index in [1.807, 2.05) is 11.8 Å². The predicted octanol–water partition coefficient (Wildman–Crippen LogP) is 5.68. The molecule has 0 N–H and O–H groups in total. The smallest absolute Gasteiger partial charge is 0.0901 e. The molecule has 5 aromatic carbocycles. The maximum Gasteiger partial charge on any atom is 0.357 e. The van der Waals surface area contributed by atoms with Crippen LogP contribution in [0.4, 0.5) is 0 Å². The van der Waals surface area contributed by atoms with E-state index in [4.69, 9.17) is 0 Å². The van der Waals surface area contributed by atoms with Crippen molar-refractivity contribution < 1.29 is 21.2 Å². The van der Waals surface area contributed by atoms with Crippen LogP contribution in [-0.4, -0.2) is 0 Å². The van der Waals surface area contributed by atoms with Crippen LogP contribution in [0.25, 0.3) is 0 Å². The number of aryl methyl sites for hydroxylation is 2. The molecule has 5 aromatic rings. The predicted molar refractivity (Wildman–Crippen MR) is 145 cm³/mol. The Morgan fingerprint density at radius 3 is 1.49 bits per heavy atom. The third-order valence-electron chi connectivity index (χ3n) is 5.69. The van der Waals surface area contributed by atoms with Gasteiger partial charge in [-0.25, -0.2) is 0 Å². The molecular weight excluding hydrogens is 575 g/mol. The molecule has 0 fully saturated rings. The molecule has 0 aromatic heterocycles. The first kappa shape index (κ1) is 24.2. The summed E-state index contributed by atoms with van der Waals surface area (Å²) in [4.78, 5) is 6.73. The highest BCUT2D eigenvalue weighted by molar-refractivity contribution is 7.99. The molecule has 0 aliphatic heterocycles. The van der Waals surface area contributed by atoms with Gasteiger partial charge in [0.05, 0.1) is 10.9 Å². The Bertz CT molecular complexity index is 1350. The first-order valence-corrected chi connectivity index (χ1v) is 15.8. The van der Waals surface area contributed by atoms with E-state index < -0.39 is 0 Å². The van der Waals surface area contributed by atoms with Crippen LogP contribution in [0, 0.1) is 21.0 Å². The largest absolute Gasteiger partial charge is 0.357 e. The second kappa shape index (κ2) is 11.5. The summed E-state index contributed by atoms with van der Waals surface area (Å²) < 4.78 is 2.91. The van der Waals surface area contributed by atoms with Gasteiger partial charge in [0.25, 0.3) is 0 Å². The van der Waals surface area contributed by atoms with Crippen LogP contribution in [0.3, 0.4) is 0 Å². The van der Waals surface area contributed by atoms with Gasteiger partial charge in [-0.15, -0.1) is 0 Å². The van der Waals surface area contributed by atoms with E-state index in [0.717, 1.165) is 0 Å². The standard InChI is InChI=1S/C32H27IS2/c1-24-10-6-8-14-31(24)35(32-15-9-7-11-25(32)2)30-22-20-29(21-23-30)34-28-18-16-27(17-19-28)33-26-12-4-3-5-13-26/h3-23H,1-2H3/q+2. The zero-order valence-corrected chi connectivity index (χ0v) is 23.6. The summed E-state index contributed by atoms with van der Waals surface area (Å²) in [5.41, 5.74) is 2.69. The Balaban J connectivity index is 1.37. The van der Waals surface area contributed by atoms with E-state index >= 15 is 0 Å². The Morgan fingerprint density at radius 1 is 0.486 bits per heavy atom. The second-order valence-electron chi connectivity index (χ2n) is 8.25. The number of benzene rings is 5. The molecule has 35 heavy (non-hydrogen) atoms. The first-order chi connectivity index (χ1) is 17.2. The van der Waals surface area contributed by atoms with Gasteiger partial charge >= 0.3 is 21.2 Å². The lowest BCUT2D eigenvalue weighted by Crippen LogP contribution is -3.61. The van der Waals surface area contributed by atoms with E-state index in [1.54, 1.807) is 0 Å². The Labute approximate surface area is 226 Å². The molecule has 0 nitrogen and oxygen atoms in total. The molecule has 3 heteroatoms. The quantitative estimate of drug-likeness (QED) is 0.171. The van der Waals surface area contributed by atoms with Crippen molar-refractivity contribution in [1.29, 1.82) is 0 Å². The molecule has 0 unspecified atom stereocenters. The minimum atomic E-state index is -0.121. The van der Waals surface area contributed by atoms with Gasteiger partial charge in [-0.2, -0.15) is 0 Å². The fraction of sp³-hybridized carbons (Fsp3) is 0.0625. The molecule has 5 rings (SSSR count). The van der Waals surface area contributed by atoms with Gasteiger partial charge in [0.15, 0.2) is 21.8 Å². The van der Waals surface area contributed by atoms with Crippen molar-refractivity contribution >= 4 is 22.7 Å². The summed E-state index contributed by atoms with van der Waals surface area (Å²) >= 11 is 1.72. The zero-order chi connectivity index (χ0) is 24.0. The molecule has 0 atom stereocenters. The summed E-state index contributed by atoms with van der Waals surface area (Å²) in [6, 6.07) is 46.7. The van der Waals surface area contributed by atoms with E-state index in [-0.39, 0.29) is 32.1 Å². The summed E-state index contributed by atoms with van der Waals surface area (Å²) in [6.07, 6.45) is 0. The van der Waals surface area contributed by atoms with E-state index in [2.05, 4.69) is 141 Å². The third-order valence-corrected chi connectivity index (χ3v) is 11.9. The lowest BCUT2D eigenvalue weighted by atomic mass is 10.2. The van der Waals surface area contributed by atoms with Crippen molar-refractivity contribution in [3.8, 4) is 0 Å². The fourth-order valence-electron chi connectivity index (χ4n) is 3.89. The third kappa shape index (κ3) is 6.03. The van der Waals surface area contributed by atoms with Crippen molar-refractivity contribution in [2.45, 2.75) is 38.3 Å². The molecule has 0 saturated carbocycles. The van der Waals surface area contributed by atoms with Gasteiger partial charge in [-0.1, -0.05) is 66.4 Å². The van der Waals surface area contributed by atoms with Crippen LogP contribution < -0.4 is 21.2 Å². The summed E-state index contributed by atoms with van der Waals surface area (Å²) in [6.45, 7) is 4.45. The van der Waals surface area contributed by atoms with Gasteiger partial charge < -0.3 is 0 Å². The monoisotopic (exact) mass is 602 g/mol. The molecular formula is C32H27IS2+2. The van der Waals surface area contributed by atoms with Gasteiger partial charge in [-0.05, 0) is 86.6 Å². The lowest BCUT2D eigenvalue weighted by Gasteiger charge is -2.12. The minimum absolute atomic E-state index is 0.116. The van der Waals surface area contributed by atoms with Crippen LogP contribution in [0.2, 0.25) is 0 Å². The maximum absolute atomic E-state index is 2.32. The average Bonchev–Trinajstić information content (AvgIpc) is 2.89. The Morgan fingerprint density at radius 2 is 0.943 bits per heavy atom. The van der Waals surface area contributed by atoms with Crippen molar-refractivity contribution in [2.24, 2.45) is 0 Å². The SMILES string of the molecule is Cc1ccccc1[S+](c1ccc(Sc2ccc([I+]c3ccccc3)cc2)cc1)c1ccccc1C. The lowest BCUT2D eigenvalue weighted by molar-refractivity contribution is -0.597. The normalized spacial score (nSPS) is 11.1. The van der Waals surface area contributed by atoms with Crippen LogP contribution >= 0.6 is 11.8 Å². The summed E-state index contributed by atoms with van der Waals surface area (Å²) in [7, 11) is -0.121. The summed E-state index contributed by atoms with van der Waals surface area (Å²) in [5.74, 6) is 0. The van der Waals surface area contributed by atoms with Crippen LogP contribution in [0.5, 0.6) is 0 Å². The molecule has 0 heterocycles. The molecule has 0 spiro atoms. The zero-order valence-electron chi connectivity index (χ0n) is 19.8. The number of rotatable bonds is 7. The molecule has 0 amide bonds. The van der Waals surface area contributed by atoms with Crippen molar-refractivity contribution in [1.82, 2.24) is 0 Å². The van der Waals surface area contributed by atoms with Gasteiger partial charge in [0.1, 0.15) is 0 Å². The molecule has 0 saturated heterocycles. The topological polar surface area (TPSA) is 0 Å². The second-order valence-corrected chi connectivity index (χ2v) is 14.4. The molecule has 0 radical (unpaired) electrons. The minimum Gasteiger partial charge on any atom is -0.0901 e. The highest BCUT2D eigenvalue weighted by atomic mass is 127. The number of halogens is 1. The van der Waals surface area contributed by atoms with Crippen LogP contribution in [-0.2, 0) is 10.9 Å². The van der Waals surface area contributed by atoms with E-state index in [0.29, 0.717) is 0 Å². The van der Waals surface area contributed by atoms with Gasteiger partial charge in [0, 0.05) is 20.9 Å². The molecule has 0 aliphatic rings. The maximum atomic E-state index is 2.32. The number of hydrogen-bond donors (Lipinski definition) is 0. The van der Waals surface area contributed by atoms with E-state index in [9.17, 15) is 0 Å². The van der Waals surface area contributed by atoms with E-state index in [1.165, 1.54) is 42.7 Å². The molecule has 0 aliphatic carbocycles. The van der Waals surface area contributed by atoms with Crippen molar-refractivity contribution in [2.75, 3.05) is 0 Å². The molecule has 172 valence electrons. The average molecular weight is 603 g/mol. The van der Waals surface area contributed by atoms with Gasteiger partial charge in [-0.3, -0.25) is 0 Å². The number of hydrogen-bond acceptors (Lipinski definition) is 1. The van der Waals surface area contributed by atoms with Crippen molar-refractivity contribution in [3.05, 3.63) is 146 Å². The first-order valence-electron chi connectivity index (χ1n) is 11.6. The Hall–Kier alpha value is -2.47. The summed E-state index contributed by atoms with van der Waals surface area (Å²) in [5, 5.41) is 0. The van der Waals surface area contributed by atoms with Crippen LogP contribution in [0.1, 0.15) is 11.1 Å².